The molecule has 23 valence electrons. The summed E-state index contributed by atoms with van der Waals surface area (Å²) in [7, 11) is 0. The van der Waals surface area contributed by atoms with Crippen molar-refractivity contribution in [3.8, 4) is 0 Å². The Morgan fingerprint density at radius 3 is 1.25 bits per heavy atom. The van der Waals surface area contributed by atoms with Gasteiger partial charge in [-0.05, 0) is 12.5 Å². The quantitative estimate of drug-likeness (QED) is 0.391. The molecule has 0 aliphatic rings. The molecule has 0 aliphatic heterocycles. The summed E-state index contributed by atoms with van der Waals surface area (Å²) in [6.45, 7) is 0. The summed E-state index contributed by atoms with van der Waals surface area (Å²) >= 11 is 1.75. The van der Waals surface area contributed by atoms with Gasteiger partial charge in [0.1, 0.15) is 0 Å². The first kappa shape index (κ1) is 8.86. The zero-order chi connectivity index (χ0) is 2.71. The molecule has 4 heavy (non-hydrogen) atoms. The Kier molecular flexibility index (Phi) is 20.2. The number of hydrogen-bond acceptors (Lipinski definition) is 1. The van der Waals surface area contributed by atoms with E-state index in [1.54, 1.807) is 11.8 Å². The minimum absolute atomic E-state index is 0. The molecule has 0 fully saturated rings. The lowest BCUT2D eigenvalue weighted by atomic mass is 11.9. The van der Waals surface area contributed by atoms with E-state index >= 15 is 0 Å². The third kappa shape index (κ3) is 13.1. The van der Waals surface area contributed by atoms with E-state index in [1.807, 2.05) is 12.5 Å². The zero-order valence-corrected chi connectivity index (χ0v) is 4.96. The van der Waals surface area contributed by atoms with Gasteiger partial charge in [0.05, 0.1) is 0 Å². The Morgan fingerprint density at radius 1 is 1.25 bits per heavy atom. The fourth-order valence-electron chi connectivity index (χ4n) is 0. The number of rotatable bonds is 0. The van der Waals surface area contributed by atoms with Gasteiger partial charge in [-0.15, -0.1) is 0 Å². The first-order valence-corrected chi connectivity index (χ1v) is 2.45. The van der Waals surface area contributed by atoms with Crippen LogP contribution in [0.4, 0.5) is 0 Å². The summed E-state index contributed by atoms with van der Waals surface area (Å²) in [5.41, 5.74) is 0. The maximum Gasteiger partial charge on any atom is 0 e. The largest absolute Gasteiger partial charge is 0.169 e. The van der Waals surface area contributed by atoms with E-state index in [4.69, 9.17) is 0 Å². The highest BCUT2D eigenvalue weighted by atomic mass is 32.2. The van der Waals surface area contributed by atoms with E-state index in [-0.39, 0.29) is 17.4 Å². The summed E-state index contributed by atoms with van der Waals surface area (Å²) in [4.78, 5) is 0. The van der Waals surface area contributed by atoms with Crippen molar-refractivity contribution in [2.45, 2.75) is 0 Å². The van der Waals surface area contributed by atoms with Crippen LogP contribution in [0.25, 0.3) is 0 Å². The molecule has 0 unspecified atom stereocenters. The molecule has 0 N–H and O–H groups in total. The predicted octanol–water partition coefficient (Wildman–Crippen LogP) is 0.598. The lowest BCUT2D eigenvalue weighted by Crippen LogP contribution is -1.25. The van der Waals surface area contributed by atoms with Crippen molar-refractivity contribution in [1.29, 1.82) is 0 Å². The second-order valence-electron chi connectivity index (χ2n) is 0.408. The van der Waals surface area contributed by atoms with Gasteiger partial charge < -0.3 is 0 Å². The fraction of sp³-hybridized carbons (Fsp3) is 1.00. The summed E-state index contributed by atoms with van der Waals surface area (Å²) < 4.78 is 0. The smallest absolute Gasteiger partial charge is 0 e. The molecular formula is C2H6AlS. The number of thioether (sulfide) groups is 1. The Morgan fingerprint density at radius 2 is 1.25 bits per heavy atom. The van der Waals surface area contributed by atoms with Crippen molar-refractivity contribution in [2.24, 2.45) is 0 Å². The average molecular weight is 89.1 g/mol. The molecule has 0 saturated heterocycles. The highest BCUT2D eigenvalue weighted by Crippen LogP contribution is 1.70. The lowest BCUT2D eigenvalue weighted by Gasteiger charge is -1.51. The van der Waals surface area contributed by atoms with Gasteiger partial charge in [-0.3, -0.25) is 0 Å². The highest BCUT2D eigenvalue weighted by Gasteiger charge is 1.32. The molecule has 2 heteroatoms. The molecule has 0 amide bonds. The van der Waals surface area contributed by atoms with Crippen molar-refractivity contribution < 1.29 is 0 Å². The molecule has 0 saturated carbocycles. The molecule has 0 aromatic carbocycles. The monoisotopic (exact) mass is 89.0 g/mol. The van der Waals surface area contributed by atoms with Crippen LogP contribution in [-0.4, -0.2) is 29.9 Å². The van der Waals surface area contributed by atoms with E-state index in [0.717, 1.165) is 0 Å². The molecule has 0 aromatic heterocycles. The standard InChI is InChI=1S/C2H6S.Al/c1-3-2;/h1-2H3;. The Labute approximate surface area is 42.1 Å². The van der Waals surface area contributed by atoms with E-state index in [9.17, 15) is 0 Å². The normalized spacial score (nSPS) is 4.50. The summed E-state index contributed by atoms with van der Waals surface area (Å²) in [6.07, 6.45) is 4.08. The van der Waals surface area contributed by atoms with E-state index in [0.29, 0.717) is 0 Å². The van der Waals surface area contributed by atoms with Gasteiger partial charge >= 0.3 is 0 Å². The van der Waals surface area contributed by atoms with Gasteiger partial charge in [-0.1, -0.05) is 0 Å². The molecule has 0 spiro atoms. The summed E-state index contributed by atoms with van der Waals surface area (Å²) in [5, 5.41) is 0. The van der Waals surface area contributed by atoms with Crippen LogP contribution in [0, 0.1) is 0 Å². The van der Waals surface area contributed by atoms with Crippen molar-refractivity contribution in [3.63, 3.8) is 0 Å². The third-order valence-corrected chi connectivity index (χ3v) is 0. The van der Waals surface area contributed by atoms with Crippen LogP contribution in [0.2, 0.25) is 0 Å². The van der Waals surface area contributed by atoms with Crippen LogP contribution in [0.1, 0.15) is 0 Å². The molecule has 0 aliphatic carbocycles. The van der Waals surface area contributed by atoms with Crippen molar-refractivity contribution in [1.82, 2.24) is 0 Å². The maximum absolute atomic E-state index is 2.04. The maximum atomic E-state index is 2.04. The van der Waals surface area contributed by atoms with Gasteiger partial charge in [-0.2, -0.15) is 11.8 Å². The van der Waals surface area contributed by atoms with Crippen LogP contribution >= 0.6 is 11.8 Å². The van der Waals surface area contributed by atoms with E-state index < -0.39 is 0 Å². The van der Waals surface area contributed by atoms with Gasteiger partial charge in [0, 0.05) is 17.4 Å². The van der Waals surface area contributed by atoms with Gasteiger partial charge in [0.15, 0.2) is 0 Å². The summed E-state index contributed by atoms with van der Waals surface area (Å²) in [6, 6.07) is 0. The van der Waals surface area contributed by atoms with Gasteiger partial charge in [0.2, 0.25) is 0 Å². The molecule has 0 nitrogen and oxygen atoms in total. The van der Waals surface area contributed by atoms with Crippen LogP contribution in [0.5, 0.6) is 0 Å². The molecule has 3 radical (unpaired) electrons. The van der Waals surface area contributed by atoms with Crippen molar-refractivity contribution in [3.05, 3.63) is 0 Å². The molecule has 0 atom stereocenters. The Balaban J connectivity index is 0. The minimum atomic E-state index is 0. The molecule has 0 heterocycles. The Bertz CT molecular complexity index is 6.00. The van der Waals surface area contributed by atoms with Crippen LogP contribution in [0.3, 0.4) is 0 Å². The predicted molar refractivity (Wildman–Crippen MR) is 25.2 cm³/mol. The highest BCUT2D eigenvalue weighted by molar-refractivity contribution is 7.97. The third-order valence-electron chi connectivity index (χ3n) is 0. The first-order valence-electron chi connectivity index (χ1n) is 0.816. The number of hydrogen-bond donors (Lipinski definition) is 0. The molecule has 0 rings (SSSR count). The SMILES string of the molecule is CSC.[Al]. The lowest BCUT2D eigenvalue weighted by molar-refractivity contribution is 2.37. The second-order valence-corrected chi connectivity index (χ2v) is 1.22. The first-order chi connectivity index (χ1) is 1.41. The van der Waals surface area contributed by atoms with Crippen LogP contribution in [0.15, 0.2) is 0 Å². The van der Waals surface area contributed by atoms with Crippen LogP contribution in [-0.2, 0) is 0 Å². The van der Waals surface area contributed by atoms with E-state index in [1.165, 1.54) is 0 Å². The fourth-order valence-corrected chi connectivity index (χ4v) is 0. The zero-order valence-electron chi connectivity index (χ0n) is 2.99. The molecule has 0 bridgehead atoms. The Hall–Kier alpha value is 0.882. The van der Waals surface area contributed by atoms with Crippen LogP contribution < -0.4 is 0 Å². The van der Waals surface area contributed by atoms with Gasteiger partial charge in [0.25, 0.3) is 0 Å². The van der Waals surface area contributed by atoms with Crippen molar-refractivity contribution in [2.75, 3.05) is 12.5 Å². The van der Waals surface area contributed by atoms with Gasteiger partial charge in [-0.25, -0.2) is 0 Å². The molecule has 0 aromatic rings. The summed E-state index contributed by atoms with van der Waals surface area (Å²) in [5.74, 6) is 0. The van der Waals surface area contributed by atoms with Crippen molar-refractivity contribution >= 4 is 29.1 Å². The topological polar surface area (TPSA) is 0 Å². The molecular weight excluding hydrogens is 83.1 g/mol. The average Bonchev–Trinajstić information content (AvgIpc) is 0.918. The second kappa shape index (κ2) is 9.10. The minimum Gasteiger partial charge on any atom is -0.169 e. The van der Waals surface area contributed by atoms with E-state index in [2.05, 4.69) is 0 Å².